The Bertz CT molecular complexity index is 786. The topological polar surface area (TPSA) is 75.6 Å². The van der Waals surface area contributed by atoms with Crippen LogP contribution in [0.4, 0.5) is 0 Å². The Kier molecular flexibility index (Phi) is 3.43. The minimum Gasteiger partial charge on any atom is -0.349 e. The van der Waals surface area contributed by atoms with Crippen LogP contribution in [0.1, 0.15) is 22.0 Å². The van der Waals surface area contributed by atoms with Crippen LogP contribution in [0.3, 0.4) is 0 Å². The SMILES string of the molecule is Cc1cc(C(=O)NCCn2c(C)nc3ccccc32)n[nH]1. The van der Waals surface area contributed by atoms with Crippen molar-refractivity contribution in [1.29, 1.82) is 0 Å². The van der Waals surface area contributed by atoms with Gasteiger partial charge in [0.25, 0.3) is 5.91 Å². The largest absolute Gasteiger partial charge is 0.349 e. The number of carbonyl (C=O) groups excluding carboxylic acids is 1. The van der Waals surface area contributed by atoms with E-state index in [4.69, 9.17) is 0 Å². The lowest BCUT2D eigenvalue weighted by molar-refractivity contribution is 0.0947. The van der Waals surface area contributed by atoms with Gasteiger partial charge in [0.05, 0.1) is 11.0 Å². The van der Waals surface area contributed by atoms with Gasteiger partial charge in [-0.2, -0.15) is 5.10 Å². The second kappa shape index (κ2) is 5.40. The number of hydrogen-bond acceptors (Lipinski definition) is 3. The van der Waals surface area contributed by atoms with Gasteiger partial charge in [0.1, 0.15) is 11.5 Å². The van der Waals surface area contributed by atoms with Crippen LogP contribution in [0.25, 0.3) is 11.0 Å². The molecule has 0 saturated heterocycles. The number of para-hydroxylation sites is 2. The van der Waals surface area contributed by atoms with Gasteiger partial charge in [0.15, 0.2) is 0 Å². The summed E-state index contributed by atoms with van der Waals surface area (Å²) in [6.07, 6.45) is 0. The molecule has 1 amide bonds. The minimum atomic E-state index is -0.165. The summed E-state index contributed by atoms with van der Waals surface area (Å²) in [4.78, 5) is 16.4. The second-order valence-electron chi connectivity index (χ2n) is 4.99. The first-order valence-electron chi connectivity index (χ1n) is 6.87. The Labute approximate surface area is 122 Å². The van der Waals surface area contributed by atoms with Gasteiger partial charge in [-0.05, 0) is 32.0 Å². The van der Waals surface area contributed by atoms with Crippen molar-refractivity contribution in [1.82, 2.24) is 25.1 Å². The molecule has 2 N–H and O–H groups in total. The van der Waals surface area contributed by atoms with Crippen LogP contribution in [0.15, 0.2) is 30.3 Å². The third kappa shape index (κ3) is 2.65. The fourth-order valence-corrected chi connectivity index (χ4v) is 2.38. The summed E-state index contributed by atoms with van der Waals surface area (Å²) in [6, 6.07) is 9.72. The average Bonchev–Trinajstić information content (AvgIpc) is 3.03. The molecule has 0 atom stereocenters. The number of carbonyl (C=O) groups is 1. The van der Waals surface area contributed by atoms with Crippen molar-refractivity contribution in [3.8, 4) is 0 Å². The van der Waals surface area contributed by atoms with Gasteiger partial charge in [-0.3, -0.25) is 9.89 Å². The highest BCUT2D eigenvalue weighted by Crippen LogP contribution is 2.14. The Morgan fingerprint density at radius 2 is 2.14 bits per heavy atom. The van der Waals surface area contributed by atoms with Gasteiger partial charge >= 0.3 is 0 Å². The number of H-pyrrole nitrogens is 1. The molecule has 3 aromatic rings. The molecule has 0 bridgehead atoms. The molecule has 0 spiro atoms. The average molecular weight is 283 g/mol. The summed E-state index contributed by atoms with van der Waals surface area (Å²) in [5.74, 6) is 0.780. The van der Waals surface area contributed by atoms with Crippen molar-refractivity contribution in [2.75, 3.05) is 6.54 Å². The van der Waals surface area contributed by atoms with Gasteiger partial charge < -0.3 is 9.88 Å². The lowest BCUT2D eigenvalue weighted by Crippen LogP contribution is -2.27. The quantitative estimate of drug-likeness (QED) is 0.766. The zero-order chi connectivity index (χ0) is 14.8. The molecule has 0 radical (unpaired) electrons. The van der Waals surface area contributed by atoms with Gasteiger partial charge in [0, 0.05) is 18.8 Å². The van der Waals surface area contributed by atoms with Gasteiger partial charge in [-0.15, -0.1) is 0 Å². The molecule has 3 rings (SSSR count). The van der Waals surface area contributed by atoms with E-state index in [0.717, 1.165) is 22.6 Å². The van der Waals surface area contributed by atoms with Crippen LogP contribution in [-0.2, 0) is 6.54 Å². The highest BCUT2D eigenvalue weighted by molar-refractivity contribution is 5.92. The molecule has 6 heteroatoms. The molecule has 6 nitrogen and oxygen atoms in total. The summed E-state index contributed by atoms with van der Waals surface area (Å²) in [5, 5.41) is 9.58. The van der Waals surface area contributed by atoms with Gasteiger partial charge in [-0.25, -0.2) is 4.98 Å². The number of hydrogen-bond donors (Lipinski definition) is 2. The van der Waals surface area contributed by atoms with E-state index in [0.29, 0.717) is 18.8 Å². The molecule has 1 aromatic carbocycles. The molecule has 2 heterocycles. The van der Waals surface area contributed by atoms with Crippen LogP contribution in [0, 0.1) is 13.8 Å². The molecule has 0 unspecified atom stereocenters. The zero-order valence-corrected chi connectivity index (χ0v) is 12.1. The van der Waals surface area contributed by atoms with E-state index >= 15 is 0 Å². The molecule has 0 fully saturated rings. The zero-order valence-electron chi connectivity index (χ0n) is 12.1. The highest BCUT2D eigenvalue weighted by atomic mass is 16.1. The molecule has 108 valence electrons. The maximum absolute atomic E-state index is 11.9. The summed E-state index contributed by atoms with van der Waals surface area (Å²) in [5.41, 5.74) is 3.35. The van der Waals surface area contributed by atoms with Gasteiger partial charge in [-0.1, -0.05) is 12.1 Å². The first-order chi connectivity index (χ1) is 10.1. The summed E-state index contributed by atoms with van der Waals surface area (Å²) < 4.78 is 2.10. The predicted molar refractivity (Wildman–Crippen MR) is 80.1 cm³/mol. The van der Waals surface area contributed by atoms with E-state index in [-0.39, 0.29) is 5.91 Å². The number of nitrogens with zero attached hydrogens (tertiary/aromatic N) is 3. The fraction of sp³-hybridized carbons (Fsp3) is 0.267. The van der Waals surface area contributed by atoms with Crippen molar-refractivity contribution in [3.05, 3.63) is 47.5 Å². The van der Waals surface area contributed by atoms with Crippen LogP contribution < -0.4 is 5.32 Å². The lowest BCUT2D eigenvalue weighted by Gasteiger charge is -2.07. The summed E-state index contributed by atoms with van der Waals surface area (Å²) >= 11 is 0. The normalized spacial score (nSPS) is 11.0. The number of aryl methyl sites for hydroxylation is 2. The third-order valence-corrected chi connectivity index (χ3v) is 3.40. The lowest BCUT2D eigenvalue weighted by atomic mass is 10.3. The summed E-state index contributed by atoms with van der Waals surface area (Å²) in [6.45, 7) is 5.05. The van der Waals surface area contributed by atoms with Crippen molar-refractivity contribution in [2.45, 2.75) is 20.4 Å². The molecule has 0 aliphatic rings. The maximum Gasteiger partial charge on any atom is 0.271 e. The molecular formula is C15H17N5O. The highest BCUT2D eigenvalue weighted by Gasteiger charge is 2.10. The maximum atomic E-state index is 11.9. The number of imidazole rings is 1. The van der Waals surface area contributed by atoms with Gasteiger partial charge in [0.2, 0.25) is 0 Å². The van der Waals surface area contributed by atoms with Crippen molar-refractivity contribution in [3.63, 3.8) is 0 Å². The Balaban J connectivity index is 1.67. The number of benzene rings is 1. The monoisotopic (exact) mass is 283 g/mol. The fourth-order valence-electron chi connectivity index (χ4n) is 2.38. The third-order valence-electron chi connectivity index (χ3n) is 3.40. The van der Waals surface area contributed by atoms with E-state index in [1.165, 1.54) is 0 Å². The van der Waals surface area contributed by atoms with Crippen LogP contribution >= 0.6 is 0 Å². The number of fused-ring (bicyclic) bond motifs is 1. The van der Waals surface area contributed by atoms with E-state index in [9.17, 15) is 4.79 Å². The number of aromatic nitrogens is 4. The van der Waals surface area contributed by atoms with E-state index in [2.05, 4.69) is 25.1 Å². The molecule has 21 heavy (non-hydrogen) atoms. The minimum absolute atomic E-state index is 0.165. The van der Waals surface area contributed by atoms with E-state index < -0.39 is 0 Å². The first kappa shape index (κ1) is 13.4. The first-order valence-corrected chi connectivity index (χ1v) is 6.87. The summed E-state index contributed by atoms with van der Waals surface area (Å²) in [7, 11) is 0. The number of amides is 1. The van der Waals surface area contributed by atoms with Crippen molar-refractivity contribution >= 4 is 16.9 Å². The van der Waals surface area contributed by atoms with Crippen molar-refractivity contribution < 1.29 is 4.79 Å². The number of nitrogens with one attached hydrogen (secondary N) is 2. The Hall–Kier alpha value is -2.63. The van der Waals surface area contributed by atoms with Crippen LogP contribution in [0.2, 0.25) is 0 Å². The van der Waals surface area contributed by atoms with E-state index in [1.807, 2.05) is 38.1 Å². The Morgan fingerprint density at radius 1 is 1.33 bits per heavy atom. The number of rotatable bonds is 4. The molecule has 0 saturated carbocycles. The smallest absolute Gasteiger partial charge is 0.271 e. The number of aromatic amines is 1. The predicted octanol–water partition coefficient (Wildman–Crippen LogP) is 1.81. The van der Waals surface area contributed by atoms with E-state index in [1.54, 1.807) is 6.07 Å². The standard InChI is InChI=1S/C15H17N5O/c1-10-9-13(19-18-10)15(21)16-7-8-20-11(2)17-12-5-3-4-6-14(12)20/h3-6,9H,7-8H2,1-2H3,(H,16,21)(H,18,19). The van der Waals surface area contributed by atoms with Crippen LogP contribution in [0.5, 0.6) is 0 Å². The Morgan fingerprint density at radius 3 is 2.90 bits per heavy atom. The second-order valence-corrected chi connectivity index (χ2v) is 4.99. The molecule has 0 aliphatic carbocycles. The van der Waals surface area contributed by atoms with Crippen LogP contribution in [-0.4, -0.2) is 32.2 Å². The molecular weight excluding hydrogens is 266 g/mol. The molecule has 2 aromatic heterocycles. The molecule has 0 aliphatic heterocycles. The van der Waals surface area contributed by atoms with Crippen molar-refractivity contribution in [2.24, 2.45) is 0 Å².